The Kier molecular flexibility index (Phi) is 8.40. The lowest BCUT2D eigenvalue weighted by Crippen LogP contribution is -2.49. The van der Waals surface area contributed by atoms with Crippen molar-refractivity contribution in [2.75, 3.05) is 11.9 Å². The van der Waals surface area contributed by atoms with Crippen LogP contribution in [0.2, 0.25) is 0 Å². The van der Waals surface area contributed by atoms with Crippen molar-refractivity contribution in [2.45, 2.75) is 13.3 Å². The summed E-state index contributed by atoms with van der Waals surface area (Å²) in [6.07, 6.45) is 0.342. The molecule has 0 saturated heterocycles. The minimum Gasteiger partial charge on any atom is -0.484 e. The number of anilines is 1. The van der Waals surface area contributed by atoms with Crippen LogP contribution in [0.5, 0.6) is 5.75 Å². The van der Waals surface area contributed by atoms with E-state index in [1.807, 2.05) is 0 Å². The number of hydrogen-bond acceptors (Lipinski definition) is 7. The van der Waals surface area contributed by atoms with Crippen LogP contribution in [0.25, 0.3) is 0 Å². The fourth-order valence-corrected chi connectivity index (χ4v) is 2.31. The standard InChI is InChI=1S/C19H19N5O6S/c1-2-16(25)20-13-5-3-12(4-6-13)18(27)22-23-19(31)21-17(26)11-30-15-9-7-14(8-10-15)24(28)29/h3-10H,2,11H2,1H3,(H,20,25)(H,22,27)(H2,21,23,26,31). The third-order valence-electron chi connectivity index (χ3n) is 3.71. The van der Waals surface area contributed by atoms with Gasteiger partial charge in [-0.15, -0.1) is 0 Å². The van der Waals surface area contributed by atoms with Crippen molar-refractivity contribution in [3.63, 3.8) is 0 Å². The summed E-state index contributed by atoms with van der Waals surface area (Å²) in [5, 5.41) is 15.4. The number of hydrazine groups is 1. The van der Waals surface area contributed by atoms with E-state index in [0.29, 0.717) is 17.7 Å². The zero-order valence-electron chi connectivity index (χ0n) is 16.3. The van der Waals surface area contributed by atoms with Gasteiger partial charge < -0.3 is 10.1 Å². The Bertz CT molecular complexity index is 978. The third-order valence-corrected chi connectivity index (χ3v) is 3.92. The summed E-state index contributed by atoms with van der Waals surface area (Å²) in [6.45, 7) is 1.34. The van der Waals surface area contributed by atoms with Gasteiger partial charge in [-0.05, 0) is 48.6 Å². The molecule has 2 aromatic carbocycles. The van der Waals surface area contributed by atoms with Gasteiger partial charge in [-0.25, -0.2) is 0 Å². The molecule has 0 spiro atoms. The predicted octanol–water partition coefficient (Wildman–Crippen LogP) is 1.66. The number of carbonyl (C=O) groups is 3. The Balaban J connectivity index is 1.74. The van der Waals surface area contributed by atoms with Crippen molar-refractivity contribution < 1.29 is 24.0 Å². The predicted molar refractivity (Wildman–Crippen MR) is 115 cm³/mol. The molecular formula is C19H19N5O6S. The number of nitrogens with zero attached hydrogens (tertiary/aromatic N) is 1. The van der Waals surface area contributed by atoms with Gasteiger partial charge in [-0.1, -0.05) is 6.92 Å². The van der Waals surface area contributed by atoms with Gasteiger partial charge in [-0.2, -0.15) is 0 Å². The zero-order valence-corrected chi connectivity index (χ0v) is 17.2. The first-order valence-electron chi connectivity index (χ1n) is 8.95. The van der Waals surface area contributed by atoms with E-state index < -0.39 is 23.3 Å². The third kappa shape index (κ3) is 7.70. The van der Waals surface area contributed by atoms with E-state index in [1.54, 1.807) is 19.1 Å². The van der Waals surface area contributed by atoms with Crippen LogP contribution in [0.3, 0.4) is 0 Å². The molecule has 0 radical (unpaired) electrons. The maximum atomic E-state index is 12.1. The van der Waals surface area contributed by atoms with Gasteiger partial charge >= 0.3 is 0 Å². The molecule has 0 aromatic heterocycles. The topological polar surface area (TPSA) is 152 Å². The van der Waals surface area contributed by atoms with Gasteiger partial charge in [0.15, 0.2) is 11.7 Å². The van der Waals surface area contributed by atoms with Crippen molar-refractivity contribution in [1.29, 1.82) is 0 Å². The largest absolute Gasteiger partial charge is 0.484 e. The Morgan fingerprint density at radius 1 is 1.00 bits per heavy atom. The lowest BCUT2D eigenvalue weighted by atomic mass is 10.2. The monoisotopic (exact) mass is 445 g/mol. The van der Waals surface area contributed by atoms with Crippen molar-refractivity contribution >= 4 is 46.4 Å². The number of hydrogen-bond donors (Lipinski definition) is 4. The first-order chi connectivity index (χ1) is 14.8. The van der Waals surface area contributed by atoms with Crippen LogP contribution in [0.4, 0.5) is 11.4 Å². The highest BCUT2D eigenvalue weighted by Gasteiger charge is 2.10. The van der Waals surface area contributed by atoms with Crippen LogP contribution in [-0.4, -0.2) is 34.4 Å². The molecule has 162 valence electrons. The molecular weight excluding hydrogens is 426 g/mol. The van der Waals surface area contributed by atoms with Gasteiger partial charge in [-0.3, -0.25) is 40.7 Å². The lowest BCUT2D eigenvalue weighted by Gasteiger charge is -2.11. The molecule has 0 unspecified atom stereocenters. The highest BCUT2D eigenvalue weighted by Crippen LogP contribution is 2.17. The molecule has 11 nitrogen and oxygen atoms in total. The fraction of sp³-hybridized carbons (Fsp3) is 0.158. The summed E-state index contributed by atoms with van der Waals surface area (Å²) in [5.41, 5.74) is 5.48. The van der Waals surface area contributed by atoms with Crippen LogP contribution in [0, 0.1) is 10.1 Å². The number of non-ortho nitro benzene ring substituents is 1. The van der Waals surface area contributed by atoms with E-state index in [1.165, 1.54) is 36.4 Å². The molecule has 0 heterocycles. The molecule has 0 aliphatic rings. The lowest BCUT2D eigenvalue weighted by molar-refractivity contribution is -0.384. The number of ether oxygens (including phenoxy) is 1. The molecule has 3 amide bonds. The van der Waals surface area contributed by atoms with Crippen molar-refractivity contribution in [3.8, 4) is 5.75 Å². The van der Waals surface area contributed by atoms with E-state index in [0.717, 1.165) is 0 Å². The zero-order chi connectivity index (χ0) is 22.8. The first-order valence-corrected chi connectivity index (χ1v) is 9.36. The van der Waals surface area contributed by atoms with E-state index in [9.17, 15) is 24.5 Å². The Hall–Kier alpha value is -4.06. The smallest absolute Gasteiger partial charge is 0.269 e. The summed E-state index contributed by atoms with van der Waals surface area (Å²) >= 11 is 4.92. The quantitative estimate of drug-likeness (QED) is 0.285. The highest BCUT2D eigenvalue weighted by molar-refractivity contribution is 7.80. The van der Waals surface area contributed by atoms with E-state index in [4.69, 9.17) is 17.0 Å². The molecule has 12 heteroatoms. The maximum Gasteiger partial charge on any atom is 0.269 e. The minimum atomic E-state index is -0.596. The maximum absolute atomic E-state index is 12.1. The number of thiocarbonyl (C=S) groups is 1. The van der Waals surface area contributed by atoms with Crippen molar-refractivity contribution in [1.82, 2.24) is 16.2 Å². The minimum absolute atomic E-state index is 0.0988. The number of benzene rings is 2. The van der Waals surface area contributed by atoms with Gasteiger partial charge in [0, 0.05) is 29.8 Å². The van der Waals surface area contributed by atoms with Gasteiger partial charge in [0.25, 0.3) is 17.5 Å². The number of carbonyl (C=O) groups excluding carboxylic acids is 3. The number of nitro benzene ring substituents is 1. The average molecular weight is 445 g/mol. The molecule has 0 atom stereocenters. The second-order valence-electron chi connectivity index (χ2n) is 5.98. The number of nitrogens with one attached hydrogen (secondary N) is 4. The molecule has 2 rings (SSSR count). The van der Waals surface area contributed by atoms with E-state index >= 15 is 0 Å². The molecule has 4 N–H and O–H groups in total. The molecule has 31 heavy (non-hydrogen) atoms. The fourth-order valence-electron chi connectivity index (χ4n) is 2.15. The first kappa shape index (κ1) is 23.2. The Morgan fingerprint density at radius 3 is 2.23 bits per heavy atom. The van der Waals surface area contributed by atoms with Crippen LogP contribution >= 0.6 is 12.2 Å². The number of nitro groups is 1. The summed E-state index contributed by atoms with van der Waals surface area (Å²) < 4.78 is 5.21. The molecule has 0 saturated carbocycles. The van der Waals surface area contributed by atoms with Crippen molar-refractivity contribution in [2.24, 2.45) is 0 Å². The van der Waals surface area contributed by atoms with Crippen LogP contribution in [0.1, 0.15) is 23.7 Å². The molecule has 0 bridgehead atoms. The van der Waals surface area contributed by atoms with Gasteiger partial charge in [0.2, 0.25) is 5.91 Å². The van der Waals surface area contributed by atoms with Crippen molar-refractivity contribution in [3.05, 3.63) is 64.2 Å². The van der Waals surface area contributed by atoms with Gasteiger partial charge in [0.1, 0.15) is 5.75 Å². The Morgan fingerprint density at radius 2 is 1.65 bits per heavy atom. The van der Waals surface area contributed by atoms with Crippen LogP contribution in [-0.2, 0) is 9.59 Å². The highest BCUT2D eigenvalue weighted by atomic mass is 32.1. The second kappa shape index (κ2) is 11.2. The van der Waals surface area contributed by atoms with E-state index in [2.05, 4.69) is 21.5 Å². The molecule has 0 aliphatic carbocycles. The average Bonchev–Trinajstić information content (AvgIpc) is 2.76. The summed E-state index contributed by atoms with van der Waals surface area (Å²) in [7, 11) is 0. The normalized spacial score (nSPS) is 9.84. The Labute approximate surface area is 182 Å². The summed E-state index contributed by atoms with van der Waals surface area (Å²) in [6, 6.07) is 11.4. The van der Waals surface area contributed by atoms with Gasteiger partial charge in [0.05, 0.1) is 4.92 Å². The van der Waals surface area contributed by atoms with Crippen LogP contribution in [0.15, 0.2) is 48.5 Å². The summed E-state index contributed by atoms with van der Waals surface area (Å²) in [4.78, 5) is 45.4. The molecule has 2 aromatic rings. The second-order valence-corrected chi connectivity index (χ2v) is 6.38. The number of amides is 3. The van der Waals surface area contributed by atoms with Crippen LogP contribution < -0.4 is 26.2 Å². The summed E-state index contributed by atoms with van der Waals surface area (Å²) in [5.74, 6) is -0.975. The number of rotatable bonds is 7. The molecule has 0 aliphatic heterocycles. The van der Waals surface area contributed by atoms with E-state index in [-0.39, 0.29) is 22.5 Å². The molecule has 0 fully saturated rings. The SMILES string of the molecule is CCC(=O)Nc1ccc(C(=O)NNC(=S)NC(=O)COc2ccc([N+](=O)[O-])cc2)cc1.